The van der Waals surface area contributed by atoms with E-state index in [1.165, 1.54) is 11.1 Å². The highest BCUT2D eigenvalue weighted by Crippen LogP contribution is 2.37. The van der Waals surface area contributed by atoms with E-state index in [0.29, 0.717) is 31.5 Å². The number of likely N-dealkylation sites (tertiary alicyclic amines) is 1. The number of benzene rings is 1. The zero-order valence-electron chi connectivity index (χ0n) is 17.4. The van der Waals surface area contributed by atoms with Crippen molar-refractivity contribution in [1.29, 1.82) is 0 Å². The zero-order chi connectivity index (χ0) is 20.9. The molecule has 1 atom stereocenters. The predicted octanol–water partition coefficient (Wildman–Crippen LogP) is 2.52. The van der Waals surface area contributed by atoms with Crippen LogP contribution in [-0.2, 0) is 17.6 Å². The van der Waals surface area contributed by atoms with Crippen molar-refractivity contribution in [2.24, 2.45) is 0 Å². The molecule has 0 bridgehead atoms. The van der Waals surface area contributed by atoms with Crippen molar-refractivity contribution in [1.82, 2.24) is 14.8 Å². The van der Waals surface area contributed by atoms with E-state index in [0.717, 1.165) is 37.8 Å². The number of nitrogens with zero attached hydrogens (tertiary/aromatic N) is 2. The Bertz CT molecular complexity index is 1100. The first-order valence-corrected chi connectivity index (χ1v) is 11.0. The van der Waals surface area contributed by atoms with Crippen molar-refractivity contribution < 1.29 is 9.59 Å². The first-order valence-electron chi connectivity index (χ1n) is 11.0. The van der Waals surface area contributed by atoms with Crippen LogP contribution < -0.4 is 10.9 Å². The molecule has 30 heavy (non-hydrogen) atoms. The second-order valence-electron chi connectivity index (χ2n) is 8.77. The van der Waals surface area contributed by atoms with E-state index in [1.807, 2.05) is 18.2 Å². The molecule has 1 aromatic carbocycles. The van der Waals surface area contributed by atoms with Gasteiger partial charge in [0.1, 0.15) is 11.1 Å². The van der Waals surface area contributed by atoms with Gasteiger partial charge in [0.05, 0.1) is 5.69 Å². The van der Waals surface area contributed by atoms with Gasteiger partial charge in [0, 0.05) is 19.3 Å². The number of pyridine rings is 1. The summed E-state index contributed by atoms with van der Waals surface area (Å²) >= 11 is 0. The van der Waals surface area contributed by atoms with E-state index in [1.54, 1.807) is 22.6 Å². The lowest BCUT2D eigenvalue weighted by atomic mass is 9.86. The summed E-state index contributed by atoms with van der Waals surface area (Å²) in [5.74, 6) is -0.386. The lowest BCUT2D eigenvalue weighted by Crippen LogP contribution is -2.60. The molecule has 3 heterocycles. The van der Waals surface area contributed by atoms with Crippen LogP contribution in [0.1, 0.15) is 59.2 Å². The highest BCUT2D eigenvalue weighted by atomic mass is 16.2. The van der Waals surface area contributed by atoms with Gasteiger partial charge in [-0.25, -0.2) is 0 Å². The fourth-order valence-electron chi connectivity index (χ4n) is 5.57. The Morgan fingerprint density at radius 3 is 2.73 bits per heavy atom. The number of piperidine rings is 1. The fraction of sp³-hybridized carbons (Fsp3) is 0.458. The van der Waals surface area contributed by atoms with Crippen LogP contribution >= 0.6 is 0 Å². The van der Waals surface area contributed by atoms with Crippen molar-refractivity contribution in [3.63, 3.8) is 0 Å². The summed E-state index contributed by atoms with van der Waals surface area (Å²) in [5.41, 5.74) is 3.11. The maximum absolute atomic E-state index is 13.7. The Morgan fingerprint density at radius 2 is 1.90 bits per heavy atom. The minimum atomic E-state index is -0.803. The molecule has 2 saturated heterocycles. The summed E-state index contributed by atoms with van der Waals surface area (Å²) < 4.78 is 1.62. The maximum Gasteiger partial charge on any atom is 0.268 e. The van der Waals surface area contributed by atoms with Crippen LogP contribution in [0.25, 0.3) is 5.69 Å². The third-order valence-electron chi connectivity index (χ3n) is 7.10. The van der Waals surface area contributed by atoms with Crippen molar-refractivity contribution in [2.45, 2.75) is 57.4 Å². The van der Waals surface area contributed by atoms with Crippen LogP contribution in [0.15, 0.2) is 35.3 Å². The second-order valence-corrected chi connectivity index (χ2v) is 8.77. The van der Waals surface area contributed by atoms with Crippen molar-refractivity contribution in [3.8, 4) is 5.69 Å². The van der Waals surface area contributed by atoms with Crippen molar-refractivity contribution in [2.75, 3.05) is 13.1 Å². The molecule has 1 aliphatic carbocycles. The summed E-state index contributed by atoms with van der Waals surface area (Å²) in [6.45, 7) is 2.97. The lowest BCUT2D eigenvalue weighted by molar-refractivity contribution is -0.133. The molecule has 1 unspecified atom stereocenters. The van der Waals surface area contributed by atoms with Gasteiger partial charge in [-0.3, -0.25) is 19.0 Å². The number of rotatable bonds is 2. The highest BCUT2D eigenvalue weighted by Gasteiger charge is 2.51. The molecule has 156 valence electrons. The largest absolute Gasteiger partial charge is 0.354 e. The van der Waals surface area contributed by atoms with Gasteiger partial charge in [-0.05, 0) is 80.7 Å². The topological polar surface area (TPSA) is 71.4 Å². The van der Waals surface area contributed by atoms with E-state index in [4.69, 9.17) is 0 Å². The smallest absolute Gasteiger partial charge is 0.268 e. The fourth-order valence-corrected chi connectivity index (χ4v) is 5.57. The molecule has 2 fully saturated rings. The van der Waals surface area contributed by atoms with Gasteiger partial charge < -0.3 is 10.2 Å². The van der Waals surface area contributed by atoms with Gasteiger partial charge in [-0.1, -0.05) is 12.1 Å². The SMILES string of the molecule is Cc1ccn(-c2cccc3c2CCC3)c(=O)c1C(=O)N1CCCC12CCCNC2=O. The lowest BCUT2D eigenvalue weighted by Gasteiger charge is -2.40. The van der Waals surface area contributed by atoms with Gasteiger partial charge in [0.15, 0.2) is 0 Å². The van der Waals surface area contributed by atoms with Crippen LogP contribution in [0.3, 0.4) is 0 Å². The van der Waals surface area contributed by atoms with E-state index in [-0.39, 0.29) is 22.9 Å². The number of carbonyl (C=O) groups excluding carboxylic acids is 2. The van der Waals surface area contributed by atoms with Crippen LogP contribution in [0.5, 0.6) is 0 Å². The molecule has 2 amide bonds. The van der Waals surface area contributed by atoms with Gasteiger partial charge in [-0.2, -0.15) is 0 Å². The minimum Gasteiger partial charge on any atom is -0.354 e. The number of amides is 2. The highest BCUT2D eigenvalue weighted by molar-refractivity contribution is 6.00. The Kier molecular flexibility index (Phi) is 4.53. The van der Waals surface area contributed by atoms with Gasteiger partial charge in [0.25, 0.3) is 11.5 Å². The van der Waals surface area contributed by atoms with E-state index in [9.17, 15) is 14.4 Å². The Morgan fingerprint density at radius 1 is 1.07 bits per heavy atom. The Labute approximate surface area is 175 Å². The molecule has 0 saturated carbocycles. The summed E-state index contributed by atoms with van der Waals surface area (Å²) in [6.07, 6.45) is 7.80. The van der Waals surface area contributed by atoms with E-state index in [2.05, 4.69) is 11.4 Å². The van der Waals surface area contributed by atoms with Crippen LogP contribution in [-0.4, -0.2) is 39.9 Å². The second kappa shape index (κ2) is 7.11. The van der Waals surface area contributed by atoms with Gasteiger partial charge >= 0.3 is 0 Å². The number of aryl methyl sites for hydroxylation is 2. The van der Waals surface area contributed by atoms with Gasteiger partial charge in [-0.15, -0.1) is 0 Å². The van der Waals surface area contributed by atoms with Crippen LogP contribution in [0, 0.1) is 6.92 Å². The third kappa shape index (κ3) is 2.73. The molecule has 6 nitrogen and oxygen atoms in total. The first-order chi connectivity index (χ1) is 14.5. The Hall–Kier alpha value is -2.89. The van der Waals surface area contributed by atoms with Gasteiger partial charge in [0.2, 0.25) is 5.91 Å². The number of fused-ring (bicyclic) bond motifs is 1. The molecule has 2 aromatic rings. The standard InChI is InChI=1S/C24H27N3O3/c1-16-10-15-26(19-9-3-7-17-6-2-8-18(17)19)21(28)20(16)22(29)27-14-5-12-24(27)11-4-13-25-23(24)30/h3,7,9-10,15H,2,4-6,8,11-14H2,1H3,(H,25,30). The number of aromatic nitrogens is 1. The molecular weight excluding hydrogens is 378 g/mol. The van der Waals surface area contributed by atoms with E-state index >= 15 is 0 Å². The normalized spacial score (nSPS) is 23.0. The van der Waals surface area contributed by atoms with Crippen LogP contribution in [0.2, 0.25) is 0 Å². The van der Waals surface area contributed by atoms with Crippen molar-refractivity contribution in [3.05, 3.63) is 63.1 Å². The summed E-state index contributed by atoms with van der Waals surface area (Å²) in [4.78, 5) is 41.6. The number of nitrogens with one attached hydrogen (secondary N) is 1. The molecule has 0 radical (unpaired) electrons. The molecular formula is C24H27N3O3. The zero-order valence-corrected chi connectivity index (χ0v) is 17.4. The molecule has 3 aliphatic rings. The molecule has 5 rings (SSSR count). The molecule has 6 heteroatoms. The molecule has 2 aliphatic heterocycles. The summed E-state index contributed by atoms with van der Waals surface area (Å²) in [5, 5.41) is 2.93. The minimum absolute atomic E-state index is 0.0746. The van der Waals surface area contributed by atoms with Crippen LogP contribution in [0.4, 0.5) is 0 Å². The molecule has 1 spiro atoms. The Balaban J connectivity index is 1.60. The molecule has 1 N–H and O–H groups in total. The van der Waals surface area contributed by atoms with E-state index < -0.39 is 5.54 Å². The number of hydrogen-bond donors (Lipinski definition) is 1. The summed E-state index contributed by atoms with van der Waals surface area (Å²) in [6, 6.07) is 7.90. The average molecular weight is 405 g/mol. The third-order valence-corrected chi connectivity index (χ3v) is 7.10. The van der Waals surface area contributed by atoms with Crippen molar-refractivity contribution >= 4 is 11.8 Å². The quantitative estimate of drug-likeness (QED) is 0.835. The summed E-state index contributed by atoms with van der Waals surface area (Å²) in [7, 11) is 0. The number of hydrogen-bond acceptors (Lipinski definition) is 3. The average Bonchev–Trinajstić information content (AvgIpc) is 3.38. The monoisotopic (exact) mass is 405 g/mol. The number of carbonyl (C=O) groups is 2. The maximum atomic E-state index is 13.7. The predicted molar refractivity (Wildman–Crippen MR) is 114 cm³/mol. The molecule has 1 aromatic heterocycles. The first kappa shape index (κ1) is 19.1.